The number of carbonyl (C=O) groups is 2. The quantitative estimate of drug-likeness (QED) is 0.359. The summed E-state index contributed by atoms with van der Waals surface area (Å²) in [4.78, 5) is 29.1. The number of anilines is 1. The molecule has 3 aromatic carbocycles. The molecule has 0 unspecified atom stereocenters. The fraction of sp³-hybridized carbons (Fsp3) is 0.355. The molecule has 0 fully saturated rings. The highest BCUT2D eigenvalue weighted by Gasteiger charge is 2.33. The molecular formula is C31H39N3O4S. The first-order valence-electron chi connectivity index (χ1n) is 13.2. The molecule has 0 heterocycles. The van der Waals surface area contributed by atoms with E-state index in [1.807, 2.05) is 94.4 Å². The van der Waals surface area contributed by atoms with Gasteiger partial charge in [0.2, 0.25) is 21.8 Å². The summed E-state index contributed by atoms with van der Waals surface area (Å²) in [6.07, 6.45) is 2.15. The molecule has 0 aliphatic carbocycles. The van der Waals surface area contributed by atoms with E-state index in [2.05, 4.69) is 5.32 Å². The van der Waals surface area contributed by atoms with Crippen molar-refractivity contribution in [2.24, 2.45) is 0 Å². The zero-order valence-electron chi connectivity index (χ0n) is 23.5. The molecule has 1 N–H and O–H groups in total. The molecule has 0 aliphatic rings. The summed E-state index contributed by atoms with van der Waals surface area (Å²) in [6.45, 7) is 7.94. The molecule has 0 spiro atoms. The highest BCUT2D eigenvalue weighted by atomic mass is 32.2. The van der Waals surface area contributed by atoms with Gasteiger partial charge in [-0.3, -0.25) is 13.9 Å². The highest BCUT2D eigenvalue weighted by molar-refractivity contribution is 7.92. The summed E-state index contributed by atoms with van der Waals surface area (Å²) in [5.41, 5.74) is 5.03. The smallest absolute Gasteiger partial charge is 0.244 e. The Bertz CT molecular complexity index is 1370. The molecule has 7 nitrogen and oxygen atoms in total. The van der Waals surface area contributed by atoms with Crippen LogP contribution in [0.1, 0.15) is 41.2 Å². The number of sulfonamides is 1. The summed E-state index contributed by atoms with van der Waals surface area (Å²) in [6, 6.07) is 21.9. The van der Waals surface area contributed by atoms with Gasteiger partial charge in [0, 0.05) is 19.5 Å². The van der Waals surface area contributed by atoms with Crippen LogP contribution in [0.5, 0.6) is 0 Å². The topological polar surface area (TPSA) is 86.8 Å². The first kappa shape index (κ1) is 29.9. The van der Waals surface area contributed by atoms with E-state index >= 15 is 0 Å². The van der Waals surface area contributed by atoms with E-state index in [9.17, 15) is 18.0 Å². The van der Waals surface area contributed by atoms with Crippen molar-refractivity contribution >= 4 is 27.5 Å². The first-order valence-corrected chi connectivity index (χ1v) is 15.1. The maximum absolute atomic E-state index is 14.1. The van der Waals surface area contributed by atoms with E-state index in [4.69, 9.17) is 0 Å². The average Bonchev–Trinajstić information content (AvgIpc) is 2.89. The van der Waals surface area contributed by atoms with Gasteiger partial charge in [0.15, 0.2) is 0 Å². The normalized spacial score (nSPS) is 12.0. The van der Waals surface area contributed by atoms with Gasteiger partial charge >= 0.3 is 0 Å². The van der Waals surface area contributed by atoms with Crippen molar-refractivity contribution in [2.45, 2.75) is 53.1 Å². The van der Waals surface area contributed by atoms with Crippen LogP contribution >= 0.6 is 0 Å². The van der Waals surface area contributed by atoms with Crippen molar-refractivity contribution in [1.82, 2.24) is 10.2 Å². The Hall–Kier alpha value is -3.65. The average molecular weight is 550 g/mol. The number of rotatable bonds is 12. The molecule has 0 saturated carbocycles. The number of hydrogen-bond donors (Lipinski definition) is 1. The zero-order valence-corrected chi connectivity index (χ0v) is 24.3. The molecule has 208 valence electrons. The van der Waals surface area contributed by atoms with E-state index in [0.29, 0.717) is 18.7 Å². The van der Waals surface area contributed by atoms with Crippen LogP contribution in [-0.2, 0) is 32.6 Å². The maximum Gasteiger partial charge on any atom is 0.244 e. The summed E-state index contributed by atoms with van der Waals surface area (Å²) < 4.78 is 27.0. The molecule has 2 amide bonds. The van der Waals surface area contributed by atoms with E-state index < -0.39 is 28.5 Å². The second-order valence-corrected chi connectivity index (χ2v) is 12.0. The molecule has 0 aliphatic heterocycles. The van der Waals surface area contributed by atoms with E-state index in [1.165, 1.54) is 4.90 Å². The fourth-order valence-corrected chi connectivity index (χ4v) is 5.40. The molecule has 39 heavy (non-hydrogen) atoms. The summed E-state index contributed by atoms with van der Waals surface area (Å²) >= 11 is 0. The number of nitrogens with one attached hydrogen (secondary N) is 1. The number of carbonyl (C=O) groups excluding carboxylic acids is 2. The second kappa shape index (κ2) is 13.4. The lowest BCUT2D eigenvalue weighted by Crippen LogP contribution is -2.53. The van der Waals surface area contributed by atoms with E-state index in [-0.39, 0.29) is 12.5 Å². The zero-order chi connectivity index (χ0) is 28.6. The van der Waals surface area contributed by atoms with Gasteiger partial charge < -0.3 is 10.2 Å². The third-order valence-corrected chi connectivity index (χ3v) is 7.72. The molecule has 3 aromatic rings. The molecule has 8 heteroatoms. The molecule has 0 aromatic heterocycles. The van der Waals surface area contributed by atoms with Crippen molar-refractivity contribution in [3.63, 3.8) is 0 Å². The summed E-state index contributed by atoms with van der Waals surface area (Å²) in [7, 11) is -3.79. The van der Waals surface area contributed by atoms with Crippen LogP contribution in [0.3, 0.4) is 0 Å². The Morgan fingerprint density at radius 3 is 2.10 bits per heavy atom. The molecular weight excluding hydrogens is 510 g/mol. The monoisotopic (exact) mass is 549 g/mol. The van der Waals surface area contributed by atoms with Crippen molar-refractivity contribution in [3.8, 4) is 0 Å². The van der Waals surface area contributed by atoms with E-state index in [1.54, 1.807) is 6.07 Å². The number of nitrogens with zero attached hydrogens (tertiary/aromatic N) is 2. The molecule has 0 radical (unpaired) electrons. The minimum Gasteiger partial charge on any atom is -0.354 e. The van der Waals surface area contributed by atoms with Crippen LogP contribution in [0.4, 0.5) is 5.69 Å². The van der Waals surface area contributed by atoms with Gasteiger partial charge in [-0.1, -0.05) is 84.8 Å². The summed E-state index contributed by atoms with van der Waals surface area (Å²) in [5, 5.41) is 2.95. The van der Waals surface area contributed by atoms with Gasteiger partial charge in [-0.05, 0) is 49.9 Å². The van der Waals surface area contributed by atoms with Gasteiger partial charge in [0.05, 0.1) is 11.9 Å². The predicted octanol–water partition coefficient (Wildman–Crippen LogP) is 4.54. The van der Waals surface area contributed by atoms with Gasteiger partial charge in [0.25, 0.3) is 0 Å². The highest BCUT2D eigenvalue weighted by Crippen LogP contribution is 2.25. The van der Waals surface area contributed by atoms with Gasteiger partial charge in [-0.25, -0.2) is 8.42 Å². The second-order valence-electron chi connectivity index (χ2n) is 10.1. The largest absolute Gasteiger partial charge is 0.354 e. The van der Waals surface area contributed by atoms with Crippen molar-refractivity contribution in [1.29, 1.82) is 0 Å². The standard InChI is InChI=1S/C31H39N3O4S/c1-6-18-32-31(36)29(20-26-10-8-7-9-11-26)33(21-27-15-12-23(2)13-16-27)30(35)22-34(39(5,37)38)28-17-14-24(3)19-25(28)4/h7-17,19,29H,6,18,20-22H2,1-5H3,(H,32,36)/t29-/m1/s1. The third kappa shape index (κ3) is 8.42. The predicted molar refractivity (Wildman–Crippen MR) is 157 cm³/mol. The lowest BCUT2D eigenvalue weighted by Gasteiger charge is -2.34. The Labute approximate surface area is 232 Å². The van der Waals surface area contributed by atoms with Gasteiger partial charge in [-0.15, -0.1) is 0 Å². The maximum atomic E-state index is 14.1. The number of hydrogen-bond acceptors (Lipinski definition) is 4. The Morgan fingerprint density at radius 2 is 1.51 bits per heavy atom. The minimum absolute atomic E-state index is 0.167. The first-order chi connectivity index (χ1) is 18.5. The SMILES string of the molecule is CCCNC(=O)[C@@H](Cc1ccccc1)N(Cc1ccc(C)cc1)C(=O)CN(c1ccc(C)cc1C)S(C)(=O)=O. The van der Waals surface area contributed by atoms with Crippen LogP contribution in [0, 0.1) is 20.8 Å². The minimum atomic E-state index is -3.79. The van der Waals surface area contributed by atoms with Crippen LogP contribution < -0.4 is 9.62 Å². The molecule has 0 saturated heterocycles. The Morgan fingerprint density at radius 1 is 0.872 bits per heavy atom. The summed E-state index contributed by atoms with van der Waals surface area (Å²) in [5.74, 6) is -0.716. The number of benzene rings is 3. The Kier molecular flexibility index (Phi) is 10.3. The Balaban J connectivity index is 2.05. The van der Waals surface area contributed by atoms with Gasteiger partial charge in [0.1, 0.15) is 12.6 Å². The molecule has 1 atom stereocenters. The van der Waals surface area contributed by atoms with Crippen molar-refractivity contribution in [2.75, 3.05) is 23.7 Å². The third-order valence-electron chi connectivity index (χ3n) is 6.59. The van der Waals surface area contributed by atoms with Crippen LogP contribution in [0.25, 0.3) is 0 Å². The molecule has 3 rings (SSSR count). The number of amides is 2. The lowest BCUT2D eigenvalue weighted by molar-refractivity contribution is -0.140. The van der Waals surface area contributed by atoms with E-state index in [0.717, 1.165) is 44.8 Å². The van der Waals surface area contributed by atoms with Crippen LogP contribution in [-0.4, -0.2) is 50.5 Å². The van der Waals surface area contributed by atoms with Crippen LogP contribution in [0.2, 0.25) is 0 Å². The van der Waals surface area contributed by atoms with Crippen molar-refractivity contribution < 1.29 is 18.0 Å². The fourth-order valence-electron chi connectivity index (χ4n) is 4.49. The van der Waals surface area contributed by atoms with Crippen molar-refractivity contribution in [3.05, 3.63) is 101 Å². The van der Waals surface area contributed by atoms with Crippen LogP contribution in [0.15, 0.2) is 72.8 Å². The molecule has 0 bridgehead atoms. The van der Waals surface area contributed by atoms with Gasteiger partial charge in [-0.2, -0.15) is 0 Å². The number of aryl methyl sites for hydroxylation is 3. The lowest BCUT2D eigenvalue weighted by atomic mass is 10.0.